The lowest BCUT2D eigenvalue weighted by atomic mass is 10.2. The quantitative estimate of drug-likeness (QED) is 0.0750. The van der Waals surface area contributed by atoms with Crippen LogP contribution in [-0.4, -0.2) is 38.1 Å². The molecule has 0 aliphatic rings. The SMILES string of the molecule is CCCOc1ccc(C(=O)Oc2ccc(C=NNC(=O)C(Oc3ccccc3)Oc3ccccc3)cc2OC)cc1. The Morgan fingerprint density at radius 2 is 1.44 bits per heavy atom. The first-order valence-electron chi connectivity index (χ1n) is 12.9. The summed E-state index contributed by atoms with van der Waals surface area (Å²) < 4.78 is 28.0. The summed E-state index contributed by atoms with van der Waals surface area (Å²) in [6.45, 7) is 2.62. The smallest absolute Gasteiger partial charge is 0.343 e. The molecule has 9 nitrogen and oxygen atoms in total. The summed E-state index contributed by atoms with van der Waals surface area (Å²) in [4.78, 5) is 25.5. The van der Waals surface area contributed by atoms with E-state index in [9.17, 15) is 9.59 Å². The maximum absolute atomic E-state index is 12.9. The molecule has 4 aromatic carbocycles. The van der Waals surface area contributed by atoms with Crippen LogP contribution < -0.4 is 29.1 Å². The molecule has 1 N–H and O–H groups in total. The number of amides is 1. The predicted octanol–water partition coefficient (Wildman–Crippen LogP) is 5.64. The lowest BCUT2D eigenvalue weighted by Crippen LogP contribution is -2.40. The van der Waals surface area contributed by atoms with Gasteiger partial charge >= 0.3 is 18.2 Å². The third-order valence-corrected chi connectivity index (χ3v) is 5.53. The molecule has 4 rings (SSSR count). The van der Waals surface area contributed by atoms with E-state index < -0.39 is 18.2 Å². The van der Waals surface area contributed by atoms with Crippen molar-refractivity contribution in [2.24, 2.45) is 5.10 Å². The van der Waals surface area contributed by atoms with Crippen molar-refractivity contribution in [1.29, 1.82) is 0 Å². The van der Waals surface area contributed by atoms with Crippen molar-refractivity contribution >= 4 is 18.1 Å². The number of hydrogen-bond acceptors (Lipinski definition) is 8. The molecule has 0 spiro atoms. The van der Waals surface area contributed by atoms with E-state index in [1.165, 1.54) is 13.3 Å². The minimum absolute atomic E-state index is 0.234. The van der Waals surface area contributed by atoms with Gasteiger partial charge in [-0.2, -0.15) is 5.10 Å². The minimum Gasteiger partial charge on any atom is -0.494 e. The number of nitrogens with one attached hydrogen (secondary N) is 1. The molecule has 0 saturated carbocycles. The van der Waals surface area contributed by atoms with Crippen LogP contribution in [-0.2, 0) is 4.79 Å². The van der Waals surface area contributed by atoms with E-state index in [1.807, 2.05) is 19.1 Å². The van der Waals surface area contributed by atoms with E-state index in [0.717, 1.165) is 6.42 Å². The first-order valence-corrected chi connectivity index (χ1v) is 12.9. The highest BCUT2D eigenvalue weighted by molar-refractivity contribution is 5.92. The summed E-state index contributed by atoms with van der Waals surface area (Å²) in [5.41, 5.74) is 3.40. The topological polar surface area (TPSA) is 105 Å². The Morgan fingerprint density at radius 3 is 2.02 bits per heavy atom. The second-order valence-electron chi connectivity index (χ2n) is 8.60. The van der Waals surface area contributed by atoms with Crippen LogP contribution in [0.15, 0.2) is 108 Å². The molecule has 0 aromatic heterocycles. The van der Waals surface area contributed by atoms with Gasteiger partial charge in [-0.25, -0.2) is 10.2 Å². The average Bonchev–Trinajstić information content (AvgIpc) is 3.01. The minimum atomic E-state index is -1.29. The van der Waals surface area contributed by atoms with Gasteiger partial charge in [0, 0.05) is 0 Å². The van der Waals surface area contributed by atoms with Crippen LogP contribution in [0.25, 0.3) is 0 Å². The molecule has 0 saturated heterocycles. The van der Waals surface area contributed by atoms with Crippen LogP contribution in [0.1, 0.15) is 29.3 Å². The van der Waals surface area contributed by atoms with Crippen molar-refractivity contribution in [2.45, 2.75) is 19.6 Å². The van der Waals surface area contributed by atoms with Gasteiger partial charge in [0.2, 0.25) is 0 Å². The van der Waals surface area contributed by atoms with Gasteiger partial charge in [0.1, 0.15) is 17.2 Å². The van der Waals surface area contributed by atoms with Crippen LogP contribution in [0.4, 0.5) is 0 Å². The van der Waals surface area contributed by atoms with Gasteiger partial charge in [-0.1, -0.05) is 43.3 Å². The summed E-state index contributed by atoms with van der Waals surface area (Å²) in [5, 5.41) is 4.03. The number of rotatable bonds is 13. The Hall–Kier alpha value is -5.31. The fraction of sp³-hybridized carbons (Fsp3) is 0.156. The largest absolute Gasteiger partial charge is 0.494 e. The van der Waals surface area contributed by atoms with E-state index in [1.54, 1.807) is 91.0 Å². The molecule has 0 bridgehead atoms. The lowest BCUT2D eigenvalue weighted by molar-refractivity contribution is -0.140. The van der Waals surface area contributed by atoms with Crippen LogP contribution in [0.2, 0.25) is 0 Å². The number of hydrazone groups is 1. The third-order valence-electron chi connectivity index (χ3n) is 5.53. The zero-order chi connectivity index (χ0) is 28.9. The zero-order valence-electron chi connectivity index (χ0n) is 22.7. The van der Waals surface area contributed by atoms with Crippen molar-refractivity contribution in [3.63, 3.8) is 0 Å². The second-order valence-corrected chi connectivity index (χ2v) is 8.60. The number of ether oxygens (including phenoxy) is 5. The molecule has 4 aromatic rings. The summed E-state index contributed by atoms with van der Waals surface area (Å²) in [5.74, 6) is 0.999. The number of carbonyl (C=O) groups is 2. The highest BCUT2D eigenvalue weighted by Gasteiger charge is 2.22. The molecule has 0 heterocycles. The summed E-state index contributed by atoms with van der Waals surface area (Å²) >= 11 is 0. The predicted molar refractivity (Wildman–Crippen MR) is 154 cm³/mol. The van der Waals surface area contributed by atoms with E-state index in [0.29, 0.717) is 40.7 Å². The fourth-order valence-electron chi connectivity index (χ4n) is 3.51. The van der Waals surface area contributed by atoms with E-state index in [2.05, 4.69) is 10.5 Å². The molecule has 0 radical (unpaired) electrons. The van der Waals surface area contributed by atoms with Crippen molar-refractivity contribution < 1.29 is 33.3 Å². The lowest BCUT2D eigenvalue weighted by Gasteiger charge is -2.18. The van der Waals surface area contributed by atoms with Gasteiger partial charge in [-0.05, 0) is 78.7 Å². The summed E-state index contributed by atoms with van der Waals surface area (Å²) in [7, 11) is 1.46. The molecule has 0 aliphatic heterocycles. The monoisotopic (exact) mass is 554 g/mol. The van der Waals surface area contributed by atoms with E-state index >= 15 is 0 Å². The van der Waals surface area contributed by atoms with Crippen molar-refractivity contribution in [1.82, 2.24) is 5.43 Å². The molecule has 0 atom stereocenters. The van der Waals surface area contributed by atoms with Gasteiger partial charge in [-0.3, -0.25) is 4.79 Å². The molecule has 210 valence electrons. The molecule has 9 heteroatoms. The number of hydrogen-bond donors (Lipinski definition) is 1. The molecular weight excluding hydrogens is 524 g/mol. The van der Waals surface area contributed by atoms with Crippen LogP contribution in [0.5, 0.6) is 28.7 Å². The summed E-state index contributed by atoms with van der Waals surface area (Å²) in [6.07, 6.45) is 1.02. The first-order chi connectivity index (χ1) is 20.1. The van der Waals surface area contributed by atoms with Crippen LogP contribution >= 0.6 is 0 Å². The van der Waals surface area contributed by atoms with Crippen molar-refractivity contribution in [3.8, 4) is 28.7 Å². The van der Waals surface area contributed by atoms with Gasteiger partial charge < -0.3 is 23.7 Å². The maximum Gasteiger partial charge on any atom is 0.343 e. The van der Waals surface area contributed by atoms with Crippen molar-refractivity contribution in [3.05, 3.63) is 114 Å². The Bertz CT molecular complexity index is 1400. The van der Waals surface area contributed by atoms with Crippen LogP contribution in [0.3, 0.4) is 0 Å². The molecular formula is C32H30N2O7. The number of para-hydroxylation sites is 2. The molecule has 0 aliphatic carbocycles. The normalized spacial score (nSPS) is 10.7. The maximum atomic E-state index is 12.9. The van der Waals surface area contributed by atoms with Gasteiger partial charge in [-0.15, -0.1) is 0 Å². The van der Waals surface area contributed by atoms with Gasteiger partial charge in [0.15, 0.2) is 11.5 Å². The number of carbonyl (C=O) groups excluding carboxylic acids is 2. The Kier molecular flexibility index (Phi) is 10.3. The van der Waals surface area contributed by atoms with Gasteiger partial charge in [0.25, 0.3) is 0 Å². The van der Waals surface area contributed by atoms with Crippen molar-refractivity contribution in [2.75, 3.05) is 13.7 Å². The number of methoxy groups -OCH3 is 1. The highest BCUT2D eigenvalue weighted by Crippen LogP contribution is 2.28. The van der Waals surface area contributed by atoms with E-state index in [-0.39, 0.29) is 5.75 Å². The number of nitrogens with zero attached hydrogens (tertiary/aromatic N) is 1. The first kappa shape index (κ1) is 28.7. The summed E-state index contributed by atoms with van der Waals surface area (Å²) in [6, 6.07) is 29.3. The number of esters is 1. The van der Waals surface area contributed by atoms with Crippen LogP contribution in [0, 0.1) is 0 Å². The number of benzene rings is 4. The highest BCUT2D eigenvalue weighted by atomic mass is 16.7. The molecule has 0 unspecified atom stereocenters. The molecule has 0 fully saturated rings. The Balaban J connectivity index is 1.39. The van der Waals surface area contributed by atoms with E-state index in [4.69, 9.17) is 23.7 Å². The fourth-order valence-corrected chi connectivity index (χ4v) is 3.51. The molecule has 1 amide bonds. The Labute approximate surface area is 238 Å². The average molecular weight is 555 g/mol. The third kappa shape index (κ3) is 8.59. The van der Waals surface area contributed by atoms with Gasteiger partial charge in [0.05, 0.1) is 25.5 Å². The second kappa shape index (κ2) is 14.7. The Morgan fingerprint density at radius 1 is 0.805 bits per heavy atom. The standard InChI is InChI=1S/C32H30N2O7/c1-3-20-38-25-17-15-24(16-18-25)31(36)41-28-19-14-23(21-29(28)37-2)22-33-34-30(35)32(39-26-10-6-4-7-11-26)40-27-12-8-5-9-13-27/h4-19,21-22,32H,3,20H2,1-2H3,(H,34,35). The molecule has 41 heavy (non-hydrogen) atoms. The zero-order valence-corrected chi connectivity index (χ0v) is 22.7.